The molecule has 3 aliphatic heterocycles. The van der Waals surface area contributed by atoms with Crippen molar-refractivity contribution in [3.63, 3.8) is 0 Å². The van der Waals surface area contributed by atoms with Crippen LogP contribution in [0, 0.1) is 17.8 Å². The fourth-order valence-corrected chi connectivity index (χ4v) is 13.7. The maximum absolute atomic E-state index is 14.7. The molecule has 0 unspecified atom stereocenters. The zero-order valence-electron chi connectivity index (χ0n) is 47.7. The van der Waals surface area contributed by atoms with Crippen molar-refractivity contribution in [2.75, 3.05) is 40.8 Å². The average Bonchev–Trinajstić information content (AvgIpc) is 3.77. The number of ether oxygens (including phenoxy) is 6. The fraction of sp³-hybridized carbons (Fsp3) is 0.667. The molecule has 4 heterocycles. The Morgan fingerprint density at radius 2 is 1.57 bits per heavy atom. The number of nitrogens with one attached hydrogen (secondary N) is 1. The van der Waals surface area contributed by atoms with E-state index in [9.17, 15) is 35.1 Å². The highest BCUT2D eigenvalue weighted by Crippen LogP contribution is 2.46. The number of methoxy groups -OCH3 is 1. The normalized spacial score (nSPS) is 37.7. The van der Waals surface area contributed by atoms with Crippen LogP contribution in [-0.2, 0) is 44.4 Å². The maximum atomic E-state index is 14.7. The van der Waals surface area contributed by atoms with Crippen molar-refractivity contribution in [3.05, 3.63) is 76.7 Å². The molecule has 1 amide bonds. The molecule has 3 saturated heterocycles. The summed E-state index contributed by atoms with van der Waals surface area (Å²) in [7, 11) is 5.27. The van der Waals surface area contributed by atoms with Crippen molar-refractivity contribution in [2.45, 2.75) is 198 Å². The fourth-order valence-electron chi connectivity index (χ4n) is 12.5. The van der Waals surface area contributed by atoms with Gasteiger partial charge in [0, 0.05) is 72.6 Å². The molecule has 0 saturated carbocycles. The van der Waals surface area contributed by atoms with Gasteiger partial charge in [-0.1, -0.05) is 69.3 Å². The Balaban J connectivity index is 1.14. The first-order chi connectivity index (χ1) is 36.3. The number of hydrogen-bond donors (Lipinski definition) is 6. The summed E-state index contributed by atoms with van der Waals surface area (Å²) >= 11 is 1.66. The second-order valence-corrected chi connectivity index (χ2v) is 24.7. The minimum Gasteiger partial charge on any atom is -0.459 e. The maximum Gasteiger partial charge on any atom is 0.311 e. The number of aliphatic hydroxyl groups excluding tert-OH is 3. The molecule has 1 aromatic heterocycles. The predicted molar refractivity (Wildman–Crippen MR) is 298 cm³/mol. The van der Waals surface area contributed by atoms with Crippen molar-refractivity contribution >= 4 is 29.3 Å². The quantitative estimate of drug-likeness (QED) is 0.0463. The summed E-state index contributed by atoms with van der Waals surface area (Å²) in [6.45, 7) is 18.6. The monoisotopic (exact) mass is 1090 g/mol. The topological polar surface area (TPSA) is 209 Å². The van der Waals surface area contributed by atoms with Crippen LogP contribution in [0.25, 0.3) is 27.6 Å². The van der Waals surface area contributed by atoms with Gasteiger partial charge < -0.3 is 64.2 Å². The lowest BCUT2D eigenvalue weighted by Gasteiger charge is -2.48. The average molecular weight is 1090 g/mol. The number of fused-ring (bicyclic) bond motifs is 5. The number of carbonyl (C=O) groups is 2. The highest BCUT2D eigenvalue weighted by Gasteiger charge is 2.53. The molecule has 1 aliphatic carbocycles. The first-order valence-electron chi connectivity index (χ1n) is 27.8. The molecule has 0 bridgehead atoms. The highest BCUT2D eigenvalue weighted by molar-refractivity contribution is 7.17. The van der Waals surface area contributed by atoms with Gasteiger partial charge in [0.05, 0.1) is 41.5 Å². The van der Waals surface area contributed by atoms with Gasteiger partial charge in [-0.05, 0) is 135 Å². The molecule has 16 nitrogen and oxygen atoms in total. The van der Waals surface area contributed by atoms with Crippen molar-refractivity contribution < 1.29 is 63.5 Å². The summed E-state index contributed by atoms with van der Waals surface area (Å²) in [6.07, 6.45) is -4.35. The molecule has 428 valence electrons. The Morgan fingerprint density at radius 3 is 2.23 bits per heavy atom. The smallest absolute Gasteiger partial charge is 0.311 e. The van der Waals surface area contributed by atoms with Gasteiger partial charge in [0.15, 0.2) is 12.6 Å². The van der Waals surface area contributed by atoms with Crippen LogP contribution in [0.3, 0.4) is 0 Å². The number of esters is 1. The number of amides is 1. The molecule has 7 rings (SSSR count). The van der Waals surface area contributed by atoms with E-state index in [0.717, 1.165) is 16.9 Å². The molecule has 77 heavy (non-hydrogen) atoms. The predicted octanol–water partition coefficient (Wildman–Crippen LogP) is 6.79. The molecule has 17 heteroatoms. The van der Waals surface area contributed by atoms with E-state index in [4.69, 9.17) is 28.4 Å². The Kier molecular flexibility index (Phi) is 20.1. The second kappa shape index (κ2) is 25.4. The number of thiophene rings is 1. The molecule has 3 fully saturated rings. The van der Waals surface area contributed by atoms with Crippen molar-refractivity contribution in [1.29, 1.82) is 0 Å². The summed E-state index contributed by atoms with van der Waals surface area (Å²) in [5.74, 6) is -3.15. The van der Waals surface area contributed by atoms with Gasteiger partial charge in [0.2, 0.25) is 5.91 Å². The molecule has 2 aromatic carbocycles. The van der Waals surface area contributed by atoms with E-state index in [2.05, 4.69) is 59.9 Å². The second-order valence-electron chi connectivity index (χ2n) is 23.6. The number of hydrogen-bond acceptors (Lipinski definition) is 16. The number of cyclic esters (lactones) is 1. The molecular weight excluding hydrogens is 1000 g/mol. The number of carbonyl (C=O) groups excluding carboxylic acids is 2. The Labute approximate surface area is 461 Å². The van der Waals surface area contributed by atoms with Crippen LogP contribution >= 0.6 is 11.3 Å². The zero-order valence-corrected chi connectivity index (χ0v) is 48.5. The molecule has 4 aliphatic rings. The lowest BCUT2D eigenvalue weighted by Crippen LogP contribution is -2.60. The van der Waals surface area contributed by atoms with Crippen molar-refractivity contribution in [3.8, 4) is 21.6 Å². The van der Waals surface area contributed by atoms with Crippen LogP contribution in [0.5, 0.6) is 0 Å². The number of rotatable bonds is 13. The van der Waals surface area contributed by atoms with E-state index >= 15 is 0 Å². The number of likely N-dealkylation sites (N-methyl/N-ethyl adjacent to an activating group) is 1. The standard InChI is InChI=1S/C60H89N3O13S/c1-14-47-60(10,70)53(66)38(6)63(27-19-26-61-48(64)25-24-42-30-45-43-22-17-15-20-40(43)29-41-21-16-18-23-44(41)52(45)77-42)33-34(2)31-58(8,69)55(76-57-50(65)46(62(11)12)28-35(3)72-57)36(4)51(37(5)56(68)74-47)75-49-32-59(9,71-13)54(67)39(7)73-49/h15-18,20-25,30,34-39,46-47,49-51,53-55,57,65-67,69-70H,14,19,26-29,31-33H2,1-13H3,(H,61,64)/b25-24+/t34-,35-,36+,37-,38-,39+,46+,47-,49+,50-,51+,53-,54+,55-,57+,58-,59-,60-/m1/s1. The third-order valence-electron chi connectivity index (χ3n) is 17.1. The van der Waals surface area contributed by atoms with Gasteiger partial charge in [0.25, 0.3) is 0 Å². The van der Waals surface area contributed by atoms with E-state index in [-0.39, 0.29) is 43.2 Å². The summed E-state index contributed by atoms with van der Waals surface area (Å²) in [6, 6.07) is 18.1. The summed E-state index contributed by atoms with van der Waals surface area (Å²) in [5.41, 5.74) is 1.43. The summed E-state index contributed by atoms with van der Waals surface area (Å²) in [4.78, 5) is 34.2. The van der Waals surface area contributed by atoms with Crippen LogP contribution in [0.4, 0.5) is 0 Å². The third kappa shape index (κ3) is 13.7. The first kappa shape index (κ1) is 61.0. The highest BCUT2D eigenvalue weighted by atomic mass is 32.1. The Bertz CT molecular complexity index is 2420. The minimum absolute atomic E-state index is 0.0976. The summed E-state index contributed by atoms with van der Waals surface area (Å²) < 4.78 is 38.3. The Hall–Kier alpha value is -3.66. The van der Waals surface area contributed by atoms with E-state index in [1.165, 1.54) is 41.2 Å². The third-order valence-corrected chi connectivity index (χ3v) is 18.2. The number of aliphatic hydroxyl groups is 5. The van der Waals surface area contributed by atoms with E-state index < -0.39 is 96.0 Å². The molecule has 18 atom stereocenters. The van der Waals surface area contributed by atoms with Crippen LogP contribution < -0.4 is 5.32 Å². The first-order valence-corrected chi connectivity index (χ1v) is 28.6. The van der Waals surface area contributed by atoms with Crippen LogP contribution in [0.2, 0.25) is 0 Å². The van der Waals surface area contributed by atoms with Crippen LogP contribution in [0.1, 0.15) is 117 Å². The molecule has 0 radical (unpaired) electrons. The SMILES string of the molecule is CC[C@H]1OC(=O)[C@H](C)[C@@H](O[C@H]2C[C@@](C)(OC)[C@@H](O)[C@H](C)O2)[C@H](C)[C@@H](O[C@@H]2O[C@H](C)C[C@H](N(C)C)[C@H]2O)[C@](C)(O)C[C@@H](C)CN(CCCNC(=O)/C=C/c2cc3c(s2)-c2ccccc2Cc2ccccc2-3)[C@H](C)[C@@H](O)[C@]1(C)O. The van der Waals surface area contributed by atoms with Crippen molar-refractivity contribution in [2.24, 2.45) is 17.8 Å². The lowest BCUT2D eigenvalue weighted by molar-refractivity contribution is -0.318. The van der Waals surface area contributed by atoms with E-state index in [0.29, 0.717) is 32.5 Å². The van der Waals surface area contributed by atoms with Gasteiger partial charge >= 0.3 is 5.97 Å². The molecule has 6 N–H and O–H groups in total. The minimum atomic E-state index is -1.93. The summed E-state index contributed by atoms with van der Waals surface area (Å²) in [5, 5.41) is 63.5. The molecular formula is C60H89N3O13S. The van der Waals surface area contributed by atoms with E-state index in [1.54, 1.807) is 52.0 Å². The lowest BCUT2D eigenvalue weighted by atomic mass is 9.77. The molecule has 0 spiro atoms. The van der Waals surface area contributed by atoms with Gasteiger partial charge in [0.1, 0.15) is 30.0 Å². The molecule has 3 aromatic rings. The van der Waals surface area contributed by atoms with Gasteiger partial charge in [-0.2, -0.15) is 0 Å². The van der Waals surface area contributed by atoms with Crippen LogP contribution in [0.15, 0.2) is 60.7 Å². The van der Waals surface area contributed by atoms with Crippen LogP contribution in [-0.4, -0.2) is 178 Å². The van der Waals surface area contributed by atoms with Gasteiger partial charge in [-0.15, -0.1) is 11.3 Å². The number of nitrogens with zero attached hydrogens (tertiary/aromatic N) is 2. The zero-order chi connectivity index (χ0) is 56.3. The van der Waals surface area contributed by atoms with E-state index in [1.807, 2.05) is 57.7 Å². The largest absolute Gasteiger partial charge is 0.459 e. The Morgan fingerprint density at radius 1 is 0.909 bits per heavy atom. The number of benzene rings is 2. The van der Waals surface area contributed by atoms with Gasteiger partial charge in [-0.3, -0.25) is 14.5 Å². The van der Waals surface area contributed by atoms with Crippen molar-refractivity contribution in [1.82, 2.24) is 15.1 Å². The van der Waals surface area contributed by atoms with Gasteiger partial charge in [-0.25, -0.2) is 0 Å².